The molecule has 3 N–H and O–H groups in total. The molecule has 4 nitrogen and oxygen atoms in total. The molecule has 0 radical (unpaired) electrons. The number of halogens is 1. The molecule has 1 fully saturated rings. The number of nitrogen functional groups attached to an aromatic ring is 1. The standard InChI is InChI=1S/C11H17BrN4/c1-10(2)8(11(10,3)4)16-9-14-6(12)5-7(13)15-9/h5,8H,1-4H3,(H3,13,14,15,16). The smallest absolute Gasteiger partial charge is 0.225 e. The first-order valence-electron chi connectivity index (χ1n) is 5.32. The zero-order valence-electron chi connectivity index (χ0n) is 10.0. The van der Waals surface area contributed by atoms with Gasteiger partial charge in [-0.2, -0.15) is 4.98 Å². The number of nitrogens with zero attached hydrogens (tertiary/aromatic N) is 2. The molecule has 0 aromatic carbocycles. The van der Waals surface area contributed by atoms with Crippen LogP contribution in [-0.2, 0) is 0 Å². The predicted octanol–water partition coefficient (Wildman–Crippen LogP) is 2.67. The number of nitrogens with one attached hydrogen (secondary N) is 1. The molecular formula is C11H17BrN4. The topological polar surface area (TPSA) is 63.8 Å². The Morgan fingerprint density at radius 2 is 1.81 bits per heavy atom. The zero-order valence-corrected chi connectivity index (χ0v) is 11.6. The molecule has 1 saturated carbocycles. The van der Waals surface area contributed by atoms with Crippen LogP contribution in [0.25, 0.3) is 0 Å². The van der Waals surface area contributed by atoms with Gasteiger partial charge in [0.2, 0.25) is 5.95 Å². The van der Waals surface area contributed by atoms with Crippen LogP contribution in [0.3, 0.4) is 0 Å². The van der Waals surface area contributed by atoms with E-state index in [4.69, 9.17) is 5.73 Å². The van der Waals surface area contributed by atoms with Crippen LogP contribution in [0.5, 0.6) is 0 Å². The van der Waals surface area contributed by atoms with Gasteiger partial charge < -0.3 is 11.1 Å². The van der Waals surface area contributed by atoms with E-state index in [0.717, 1.165) is 0 Å². The molecule has 5 heteroatoms. The lowest BCUT2D eigenvalue weighted by molar-refractivity contribution is 0.457. The first-order valence-corrected chi connectivity index (χ1v) is 6.11. The van der Waals surface area contributed by atoms with Crippen molar-refractivity contribution in [3.8, 4) is 0 Å². The van der Waals surface area contributed by atoms with Crippen molar-refractivity contribution >= 4 is 27.7 Å². The lowest BCUT2D eigenvalue weighted by Crippen LogP contribution is -2.13. The minimum atomic E-state index is 0.257. The van der Waals surface area contributed by atoms with Gasteiger partial charge in [0.05, 0.1) is 0 Å². The fourth-order valence-electron chi connectivity index (χ4n) is 2.19. The van der Waals surface area contributed by atoms with Gasteiger partial charge in [-0.05, 0) is 26.8 Å². The van der Waals surface area contributed by atoms with Crippen LogP contribution >= 0.6 is 15.9 Å². The van der Waals surface area contributed by atoms with Crippen LogP contribution in [0, 0.1) is 10.8 Å². The summed E-state index contributed by atoms with van der Waals surface area (Å²) in [5.74, 6) is 1.07. The maximum atomic E-state index is 5.67. The van der Waals surface area contributed by atoms with Crippen molar-refractivity contribution in [3.63, 3.8) is 0 Å². The minimum Gasteiger partial charge on any atom is -0.383 e. The van der Waals surface area contributed by atoms with Crippen LogP contribution in [-0.4, -0.2) is 16.0 Å². The van der Waals surface area contributed by atoms with Crippen molar-refractivity contribution < 1.29 is 0 Å². The number of hydrogen-bond acceptors (Lipinski definition) is 4. The number of nitrogens with two attached hydrogens (primary N) is 1. The van der Waals surface area contributed by atoms with Gasteiger partial charge in [-0.1, -0.05) is 27.7 Å². The molecule has 0 atom stereocenters. The maximum absolute atomic E-state index is 5.67. The highest BCUT2D eigenvalue weighted by molar-refractivity contribution is 9.10. The maximum Gasteiger partial charge on any atom is 0.225 e. The van der Waals surface area contributed by atoms with Crippen LogP contribution in [0.1, 0.15) is 27.7 Å². The summed E-state index contributed by atoms with van der Waals surface area (Å²) in [7, 11) is 0. The van der Waals surface area contributed by atoms with E-state index in [1.807, 2.05) is 0 Å². The van der Waals surface area contributed by atoms with Gasteiger partial charge >= 0.3 is 0 Å². The van der Waals surface area contributed by atoms with Crippen molar-refractivity contribution in [1.29, 1.82) is 0 Å². The Kier molecular flexibility index (Phi) is 2.42. The van der Waals surface area contributed by atoms with E-state index in [1.165, 1.54) is 0 Å². The van der Waals surface area contributed by atoms with Crippen molar-refractivity contribution in [2.75, 3.05) is 11.1 Å². The second-order valence-electron chi connectivity index (χ2n) is 5.46. The second kappa shape index (κ2) is 3.32. The van der Waals surface area contributed by atoms with Gasteiger partial charge in [0.1, 0.15) is 10.4 Å². The molecule has 0 aliphatic heterocycles. The van der Waals surface area contributed by atoms with Crippen molar-refractivity contribution in [1.82, 2.24) is 9.97 Å². The summed E-state index contributed by atoms with van der Waals surface area (Å²) in [6.45, 7) is 8.97. The summed E-state index contributed by atoms with van der Waals surface area (Å²) in [6, 6.07) is 2.07. The van der Waals surface area contributed by atoms with Gasteiger partial charge in [0.15, 0.2) is 0 Å². The highest BCUT2D eigenvalue weighted by Crippen LogP contribution is 2.63. The minimum absolute atomic E-state index is 0.257. The zero-order chi connectivity index (χ0) is 12.1. The molecule has 88 valence electrons. The molecule has 0 unspecified atom stereocenters. The van der Waals surface area contributed by atoms with Crippen molar-refractivity contribution in [2.45, 2.75) is 33.7 Å². The molecule has 1 aromatic heterocycles. The Hall–Kier alpha value is -0.840. The lowest BCUT2D eigenvalue weighted by Gasteiger charge is -2.07. The van der Waals surface area contributed by atoms with E-state index >= 15 is 0 Å². The number of aromatic nitrogens is 2. The van der Waals surface area contributed by atoms with Crippen LogP contribution < -0.4 is 11.1 Å². The molecule has 1 aliphatic rings. The highest BCUT2D eigenvalue weighted by atomic mass is 79.9. The van der Waals surface area contributed by atoms with E-state index in [1.54, 1.807) is 6.07 Å². The normalized spacial score (nSPS) is 21.8. The number of hydrogen-bond donors (Lipinski definition) is 2. The molecule has 0 saturated heterocycles. The number of anilines is 2. The summed E-state index contributed by atoms with van der Waals surface area (Å²) in [5, 5.41) is 3.35. The molecule has 1 aromatic rings. The van der Waals surface area contributed by atoms with Crippen LogP contribution in [0.2, 0.25) is 0 Å². The van der Waals surface area contributed by atoms with Crippen LogP contribution in [0.4, 0.5) is 11.8 Å². The SMILES string of the molecule is CC1(C)C(Nc2nc(N)cc(Br)n2)C1(C)C. The average molecular weight is 285 g/mol. The van der Waals surface area contributed by atoms with Gasteiger partial charge in [-0.3, -0.25) is 0 Å². The molecule has 16 heavy (non-hydrogen) atoms. The Labute approximate surface area is 104 Å². The molecular weight excluding hydrogens is 268 g/mol. The predicted molar refractivity (Wildman–Crippen MR) is 69.1 cm³/mol. The highest BCUT2D eigenvalue weighted by Gasteiger charge is 2.65. The molecule has 0 amide bonds. The third-order valence-electron chi connectivity index (χ3n) is 4.01. The Bertz CT molecular complexity index is 394. The van der Waals surface area contributed by atoms with Crippen molar-refractivity contribution in [2.24, 2.45) is 10.8 Å². The second-order valence-corrected chi connectivity index (χ2v) is 6.27. The fraction of sp³-hybridized carbons (Fsp3) is 0.636. The van der Waals surface area contributed by atoms with Gasteiger partial charge in [-0.25, -0.2) is 4.98 Å². The van der Waals surface area contributed by atoms with Crippen LogP contribution in [0.15, 0.2) is 10.7 Å². The quantitative estimate of drug-likeness (QED) is 0.820. The average Bonchev–Trinajstić information content (AvgIpc) is 2.46. The first-order chi connectivity index (χ1) is 7.25. The molecule has 2 rings (SSSR count). The Balaban J connectivity index is 2.18. The van der Waals surface area contributed by atoms with E-state index in [0.29, 0.717) is 22.4 Å². The molecule has 0 bridgehead atoms. The number of rotatable bonds is 2. The van der Waals surface area contributed by atoms with Crippen molar-refractivity contribution in [3.05, 3.63) is 10.7 Å². The van der Waals surface area contributed by atoms with E-state index in [-0.39, 0.29) is 10.8 Å². The van der Waals surface area contributed by atoms with E-state index in [2.05, 4.69) is 58.9 Å². The van der Waals surface area contributed by atoms with E-state index in [9.17, 15) is 0 Å². The summed E-state index contributed by atoms with van der Waals surface area (Å²) in [4.78, 5) is 8.43. The molecule has 1 heterocycles. The third kappa shape index (κ3) is 1.67. The Morgan fingerprint density at radius 3 is 2.25 bits per heavy atom. The summed E-state index contributed by atoms with van der Waals surface area (Å²) < 4.78 is 0.707. The van der Waals surface area contributed by atoms with Gasteiger partial charge in [-0.15, -0.1) is 0 Å². The lowest BCUT2D eigenvalue weighted by atomic mass is 10.0. The Morgan fingerprint density at radius 1 is 1.25 bits per heavy atom. The largest absolute Gasteiger partial charge is 0.383 e. The third-order valence-corrected chi connectivity index (χ3v) is 4.42. The fourth-order valence-corrected chi connectivity index (χ4v) is 2.59. The van der Waals surface area contributed by atoms with Gasteiger partial charge in [0.25, 0.3) is 0 Å². The summed E-state index contributed by atoms with van der Waals surface area (Å²) >= 11 is 3.31. The molecule has 0 spiro atoms. The monoisotopic (exact) mass is 284 g/mol. The summed E-state index contributed by atoms with van der Waals surface area (Å²) in [6.07, 6.45) is 0. The first kappa shape index (κ1) is 11.6. The molecule has 1 aliphatic carbocycles. The van der Waals surface area contributed by atoms with Gasteiger partial charge in [0, 0.05) is 12.1 Å². The van der Waals surface area contributed by atoms with E-state index < -0.39 is 0 Å². The summed E-state index contributed by atoms with van der Waals surface area (Å²) in [5.41, 5.74) is 6.18.